The topological polar surface area (TPSA) is 108 Å². The van der Waals surface area contributed by atoms with Crippen molar-refractivity contribution in [2.75, 3.05) is 31.1 Å². The van der Waals surface area contributed by atoms with Crippen LogP contribution in [0.5, 0.6) is 0 Å². The van der Waals surface area contributed by atoms with E-state index < -0.39 is 17.5 Å². The third kappa shape index (κ3) is 3.63. The van der Waals surface area contributed by atoms with Crippen LogP contribution in [0, 0.1) is 5.82 Å². The molecule has 0 spiro atoms. The van der Waals surface area contributed by atoms with Crippen LogP contribution in [0.25, 0.3) is 33.1 Å². The number of hydrogen-bond donors (Lipinski definition) is 1. The Morgan fingerprint density at radius 3 is 2.56 bits per heavy atom. The summed E-state index contributed by atoms with van der Waals surface area (Å²) < 4.78 is 14.8. The first-order chi connectivity index (χ1) is 17.6. The van der Waals surface area contributed by atoms with Gasteiger partial charge >= 0.3 is 0 Å². The third-order valence-corrected chi connectivity index (χ3v) is 6.43. The van der Waals surface area contributed by atoms with Gasteiger partial charge in [0.1, 0.15) is 5.69 Å². The number of carbonyl (C=O) groups is 2. The molecule has 0 bridgehead atoms. The van der Waals surface area contributed by atoms with Crippen molar-refractivity contribution in [3.8, 4) is 11.4 Å². The van der Waals surface area contributed by atoms with E-state index in [1.807, 2.05) is 24.3 Å². The van der Waals surface area contributed by atoms with E-state index in [1.54, 1.807) is 30.6 Å². The number of nitrogens with zero attached hydrogens (tertiary/aromatic N) is 6. The quantitative estimate of drug-likeness (QED) is 0.310. The van der Waals surface area contributed by atoms with Crippen molar-refractivity contribution in [2.24, 2.45) is 0 Å². The van der Waals surface area contributed by atoms with Gasteiger partial charge in [-0.25, -0.2) is 9.37 Å². The Morgan fingerprint density at radius 2 is 1.75 bits per heavy atom. The molecular formula is C26H20FN7O2. The first-order valence-corrected chi connectivity index (χ1v) is 11.5. The highest BCUT2D eigenvalue weighted by Gasteiger charge is 2.30. The fourth-order valence-electron chi connectivity index (χ4n) is 4.61. The number of H-pyrrole nitrogens is 1. The molecule has 9 nitrogen and oxygen atoms in total. The molecule has 0 unspecified atom stereocenters. The summed E-state index contributed by atoms with van der Waals surface area (Å²) in [5, 5.41) is 10.4. The van der Waals surface area contributed by atoms with E-state index in [-0.39, 0.29) is 10.9 Å². The summed E-state index contributed by atoms with van der Waals surface area (Å²) in [6.07, 6.45) is 5.73. The lowest BCUT2D eigenvalue weighted by Crippen LogP contribution is -2.51. The molecule has 0 aliphatic carbocycles. The maximum Gasteiger partial charge on any atom is 0.295 e. The molecule has 1 amide bonds. The molecule has 0 atom stereocenters. The first kappa shape index (κ1) is 21.8. The minimum atomic E-state index is -0.767. The van der Waals surface area contributed by atoms with Gasteiger partial charge in [0.15, 0.2) is 11.6 Å². The van der Waals surface area contributed by atoms with Gasteiger partial charge in [0.05, 0.1) is 34.6 Å². The highest BCUT2D eigenvalue weighted by Crippen LogP contribution is 2.30. The van der Waals surface area contributed by atoms with E-state index in [2.05, 4.69) is 30.0 Å². The lowest BCUT2D eigenvalue weighted by Gasteiger charge is -2.35. The number of aromatic nitrogens is 5. The van der Waals surface area contributed by atoms with Crippen LogP contribution in [0.4, 0.5) is 10.2 Å². The molecule has 1 aliphatic heterocycles. The van der Waals surface area contributed by atoms with Gasteiger partial charge in [-0.2, -0.15) is 5.10 Å². The Bertz CT molecular complexity index is 1610. The number of fused-ring (bicyclic) bond motifs is 2. The van der Waals surface area contributed by atoms with E-state index in [4.69, 9.17) is 0 Å². The number of carbonyl (C=O) groups excluding carboxylic acids is 2. The molecule has 1 fully saturated rings. The van der Waals surface area contributed by atoms with Crippen molar-refractivity contribution in [3.05, 3.63) is 78.6 Å². The summed E-state index contributed by atoms with van der Waals surface area (Å²) in [5.74, 6) is -1.37. The second-order valence-electron chi connectivity index (χ2n) is 8.49. The highest BCUT2D eigenvalue weighted by molar-refractivity contribution is 6.45. The number of Topliss-reactive ketones (excluding diaryl/α,β-unsaturated/α-hetero) is 1. The Balaban J connectivity index is 1.24. The summed E-state index contributed by atoms with van der Waals surface area (Å²) in [7, 11) is 0. The summed E-state index contributed by atoms with van der Waals surface area (Å²) in [6.45, 7) is 1.66. The van der Waals surface area contributed by atoms with Crippen LogP contribution < -0.4 is 4.90 Å². The van der Waals surface area contributed by atoms with Crippen LogP contribution in [0.3, 0.4) is 0 Å². The average Bonchev–Trinajstić information content (AvgIpc) is 3.39. The second-order valence-corrected chi connectivity index (χ2v) is 8.49. The molecule has 4 aromatic heterocycles. The van der Waals surface area contributed by atoms with Crippen LogP contribution in [0.1, 0.15) is 10.4 Å². The SMILES string of the molecule is O=C(C(=O)N1CCN(c2nncc3ccccc23)CC1)c1c[nH]c2c(-c3ccccn3)ncc(F)c12. The molecule has 1 aromatic carbocycles. The summed E-state index contributed by atoms with van der Waals surface area (Å²) in [4.78, 5) is 41.2. The monoisotopic (exact) mass is 481 g/mol. The number of ketones is 1. The molecule has 0 radical (unpaired) electrons. The largest absolute Gasteiger partial charge is 0.359 e. The Hall–Kier alpha value is -4.73. The van der Waals surface area contributed by atoms with Crippen molar-refractivity contribution in [1.29, 1.82) is 0 Å². The third-order valence-electron chi connectivity index (χ3n) is 6.43. The number of halogens is 1. The van der Waals surface area contributed by atoms with Gasteiger partial charge in [-0.1, -0.05) is 30.3 Å². The van der Waals surface area contributed by atoms with Crippen LogP contribution in [0.15, 0.2) is 67.3 Å². The lowest BCUT2D eigenvalue weighted by molar-refractivity contribution is -0.126. The van der Waals surface area contributed by atoms with Gasteiger partial charge < -0.3 is 14.8 Å². The minimum Gasteiger partial charge on any atom is -0.359 e. The molecule has 36 heavy (non-hydrogen) atoms. The van der Waals surface area contributed by atoms with Gasteiger partial charge in [-0.15, -0.1) is 5.10 Å². The molecule has 5 heterocycles. The molecule has 1 saturated heterocycles. The van der Waals surface area contributed by atoms with Crippen LogP contribution in [-0.2, 0) is 4.79 Å². The van der Waals surface area contributed by atoms with Crippen molar-refractivity contribution >= 4 is 39.2 Å². The number of piperazine rings is 1. The van der Waals surface area contributed by atoms with Gasteiger partial charge in [-0.3, -0.25) is 14.6 Å². The zero-order chi connectivity index (χ0) is 24.6. The van der Waals surface area contributed by atoms with Crippen molar-refractivity contribution in [1.82, 2.24) is 30.0 Å². The van der Waals surface area contributed by atoms with Gasteiger partial charge in [0.25, 0.3) is 11.7 Å². The van der Waals surface area contributed by atoms with Gasteiger partial charge in [0, 0.05) is 49.3 Å². The molecule has 1 N–H and O–H groups in total. The Kier molecular flexibility index (Phi) is 5.33. The number of pyridine rings is 2. The molecule has 0 saturated carbocycles. The zero-order valence-corrected chi connectivity index (χ0v) is 19.1. The maximum absolute atomic E-state index is 14.8. The average molecular weight is 481 g/mol. The summed E-state index contributed by atoms with van der Waals surface area (Å²) in [6, 6.07) is 13.1. The molecule has 5 aromatic rings. The maximum atomic E-state index is 14.8. The fraction of sp³-hybridized carbons (Fsp3) is 0.154. The molecular weight excluding hydrogens is 461 g/mol. The molecule has 6 rings (SSSR count). The summed E-state index contributed by atoms with van der Waals surface area (Å²) in [5.41, 5.74) is 1.24. The van der Waals surface area contributed by atoms with Crippen molar-refractivity contribution in [3.63, 3.8) is 0 Å². The van der Waals surface area contributed by atoms with Crippen LogP contribution >= 0.6 is 0 Å². The molecule has 10 heteroatoms. The first-order valence-electron chi connectivity index (χ1n) is 11.5. The van der Waals surface area contributed by atoms with Crippen LogP contribution in [-0.4, -0.2) is 67.9 Å². The number of rotatable bonds is 4. The number of hydrogen-bond acceptors (Lipinski definition) is 7. The Morgan fingerprint density at radius 1 is 0.944 bits per heavy atom. The molecule has 1 aliphatic rings. The number of nitrogens with one attached hydrogen (secondary N) is 1. The second kappa shape index (κ2) is 8.81. The van der Waals surface area contributed by atoms with E-state index in [0.717, 1.165) is 22.8 Å². The minimum absolute atomic E-state index is 0.0190. The lowest BCUT2D eigenvalue weighted by atomic mass is 10.1. The van der Waals surface area contributed by atoms with E-state index in [0.29, 0.717) is 43.1 Å². The summed E-state index contributed by atoms with van der Waals surface area (Å²) >= 11 is 0. The van der Waals surface area contributed by atoms with Gasteiger partial charge in [-0.05, 0) is 12.1 Å². The smallest absolute Gasteiger partial charge is 0.295 e. The number of benzene rings is 1. The number of aromatic amines is 1. The predicted octanol–water partition coefficient (Wildman–Crippen LogP) is 3.24. The number of amides is 1. The van der Waals surface area contributed by atoms with Crippen molar-refractivity contribution < 1.29 is 14.0 Å². The number of anilines is 1. The van der Waals surface area contributed by atoms with Crippen molar-refractivity contribution in [2.45, 2.75) is 0 Å². The Labute approximate surface area is 204 Å². The van der Waals surface area contributed by atoms with E-state index in [9.17, 15) is 14.0 Å². The van der Waals surface area contributed by atoms with Gasteiger partial charge in [0.2, 0.25) is 0 Å². The standard InChI is InChI=1S/C26H20FN7O2/c27-19-15-30-22(20-7-3-4-8-28-20)23-21(19)18(14-29-23)24(35)26(36)34-11-9-33(10-12-34)25-17-6-2-1-5-16(17)13-31-32-25/h1-8,13-15,29H,9-12H2. The predicted molar refractivity (Wildman–Crippen MR) is 132 cm³/mol. The van der Waals surface area contributed by atoms with Crippen LogP contribution in [0.2, 0.25) is 0 Å². The highest BCUT2D eigenvalue weighted by atomic mass is 19.1. The zero-order valence-electron chi connectivity index (χ0n) is 19.1. The molecule has 178 valence electrons. The van der Waals surface area contributed by atoms with E-state index in [1.165, 1.54) is 11.1 Å². The fourth-order valence-corrected chi connectivity index (χ4v) is 4.61. The van der Waals surface area contributed by atoms with E-state index >= 15 is 0 Å². The normalized spacial score (nSPS) is 13.9.